The second kappa shape index (κ2) is 7.49. The van der Waals surface area contributed by atoms with Crippen molar-refractivity contribution in [1.82, 2.24) is 0 Å². The van der Waals surface area contributed by atoms with Crippen molar-refractivity contribution in [2.24, 2.45) is 0 Å². The van der Waals surface area contributed by atoms with Crippen LogP contribution in [0.4, 0.5) is 5.69 Å². The van der Waals surface area contributed by atoms with Crippen LogP contribution in [0, 0.1) is 13.8 Å². The molecule has 0 fully saturated rings. The molecule has 24 heavy (non-hydrogen) atoms. The van der Waals surface area contributed by atoms with Crippen LogP contribution in [0.1, 0.15) is 28.4 Å². The van der Waals surface area contributed by atoms with Gasteiger partial charge < -0.3 is 4.74 Å². The topological polar surface area (TPSA) is 46.6 Å². The number of rotatable bonds is 4. The van der Waals surface area contributed by atoms with Crippen LogP contribution in [0.3, 0.4) is 0 Å². The van der Waals surface area contributed by atoms with Gasteiger partial charge in [0.1, 0.15) is 6.04 Å². The van der Waals surface area contributed by atoms with E-state index >= 15 is 0 Å². The molecule has 4 nitrogen and oxygen atoms in total. The third kappa shape index (κ3) is 3.60. The summed E-state index contributed by atoms with van der Waals surface area (Å²) in [6.07, 6.45) is 0. The Hall–Kier alpha value is -2.33. The number of amides is 1. The summed E-state index contributed by atoms with van der Waals surface area (Å²) >= 11 is 5.90. The first-order valence-electron chi connectivity index (χ1n) is 7.60. The first kappa shape index (κ1) is 18.0. The Balaban J connectivity index is 2.57. The number of anilines is 1. The summed E-state index contributed by atoms with van der Waals surface area (Å²) in [6, 6.07) is 11.6. The lowest BCUT2D eigenvalue weighted by Crippen LogP contribution is -2.44. The Bertz CT molecular complexity index is 735. The van der Waals surface area contributed by atoms with Crippen molar-refractivity contribution in [2.75, 3.05) is 12.0 Å². The van der Waals surface area contributed by atoms with Gasteiger partial charge in [-0.15, -0.1) is 0 Å². The van der Waals surface area contributed by atoms with Crippen LogP contribution in [0.5, 0.6) is 0 Å². The Kier molecular flexibility index (Phi) is 5.62. The van der Waals surface area contributed by atoms with Crippen molar-refractivity contribution in [1.29, 1.82) is 0 Å². The average Bonchev–Trinajstić information content (AvgIpc) is 2.57. The first-order chi connectivity index (χ1) is 11.4. The van der Waals surface area contributed by atoms with E-state index < -0.39 is 12.0 Å². The van der Waals surface area contributed by atoms with E-state index in [1.165, 1.54) is 12.0 Å². The van der Waals surface area contributed by atoms with E-state index in [1.807, 2.05) is 32.0 Å². The average molecular weight is 346 g/mol. The normalized spacial score (nSPS) is 11.7. The highest BCUT2D eigenvalue weighted by molar-refractivity contribution is 6.30. The number of carbonyl (C=O) groups excluding carboxylic acids is 2. The van der Waals surface area contributed by atoms with Gasteiger partial charge >= 0.3 is 5.97 Å². The molecule has 2 aromatic rings. The van der Waals surface area contributed by atoms with Gasteiger partial charge in [-0.25, -0.2) is 4.79 Å². The van der Waals surface area contributed by atoms with Crippen LogP contribution in [-0.4, -0.2) is 25.0 Å². The van der Waals surface area contributed by atoms with Gasteiger partial charge in [-0.2, -0.15) is 0 Å². The van der Waals surface area contributed by atoms with Crippen molar-refractivity contribution in [2.45, 2.75) is 26.8 Å². The minimum atomic E-state index is -0.752. The number of benzene rings is 2. The van der Waals surface area contributed by atoms with Gasteiger partial charge in [-0.05, 0) is 56.2 Å². The van der Waals surface area contributed by atoms with E-state index in [2.05, 4.69) is 0 Å². The summed E-state index contributed by atoms with van der Waals surface area (Å²) in [4.78, 5) is 26.7. The molecule has 126 valence electrons. The smallest absolute Gasteiger partial charge is 0.328 e. The molecule has 1 amide bonds. The van der Waals surface area contributed by atoms with Gasteiger partial charge in [-0.1, -0.05) is 29.8 Å². The van der Waals surface area contributed by atoms with Crippen molar-refractivity contribution < 1.29 is 14.3 Å². The van der Waals surface area contributed by atoms with Crippen LogP contribution in [0.25, 0.3) is 0 Å². The first-order valence-corrected chi connectivity index (χ1v) is 7.97. The molecule has 0 aliphatic rings. The number of ether oxygens (including phenoxy) is 1. The van der Waals surface area contributed by atoms with Gasteiger partial charge in [0.15, 0.2) is 0 Å². The number of nitrogens with zero attached hydrogens (tertiary/aromatic N) is 1. The highest BCUT2D eigenvalue weighted by atomic mass is 35.5. The zero-order chi connectivity index (χ0) is 17.9. The highest BCUT2D eigenvalue weighted by Gasteiger charge is 2.30. The Morgan fingerprint density at radius 3 is 2.08 bits per heavy atom. The molecule has 2 aromatic carbocycles. The minimum Gasteiger partial charge on any atom is -0.467 e. The predicted molar refractivity (Wildman–Crippen MR) is 95.7 cm³/mol. The summed E-state index contributed by atoms with van der Waals surface area (Å²) in [7, 11) is 1.31. The van der Waals surface area contributed by atoms with Gasteiger partial charge in [0.2, 0.25) is 0 Å². The van der Waals surface area contributed by atoms with E-state index in [0.29, 0.717) is 10.6 Å². The number of carbonyl (C=O) groups is 2. The molecule has 0 saturated heterocycles. The van der Waals surface area contributed by atoms with E-state index in [1.54, 1.807) is 31.2 Å². The second-order valence-corrected chi connectivity index (χ2v) is 6.06. The molecule has 0 unspecified atom stereocenters. The van der Waals surface area contributed by atoms with Gasteiger partial charge in [0, 0.05) is 10.6 Å². The number of hydrogen-bond donors (Lipinski definition) is 0. The lowest BCUT2D eigenvalue weighted by atomic mass is 10.0. The number of aryl methyl sites for hydroxylation is 2. The largest absolute Gasteiger partial charge is 0.467 e. The van der Waals surface area contributed by atoms with Crippen molar-refractivity contribution >= 4 is 29.2 Å². The molecule has 0 aliphatic heterocycles. The maximum atomic E-state index is 13.1. The van der Waals surface area contributed by atoms with Gasteiger partial charge in [0.25, 0.3) is 5.91 Å². The summed E-state index contributed by atoms with van der Waals surface area (Å²) in [5, 5.41) is 0.547. The Morgan fingerprint density at radius 2 is 1.58 bits per heavy atom. The van der Waals surface area contributed by atoms with Crippen LogP contribution in [0.2, 0.25) is 5.02 Å². The molecular formula is C19H20ClNO3. The van der Waals surface area contributed by atoms with Crippen molar-refractivity contribution in [3.8, 4) is 0 Å². The molecule has 0 N–H and O–H groups in total. The number of methoxy groups -OCH3 is 1. The molecular weight excluding hydrogens is 326 g/mol. The van der Waals surface area contributed by atoms with Crippen LogP contribution in [0.15, 0.2) is 42.5 Å². The van der Waals surface area contributed by atoms with E-state index in [-0.39, 0.29) is 5.91 Å². The summed E-state index contributed by atoms with van der Waals surface area (Å²) < 4.78 is 4.85. The zero-order valence-corrected chi connectivity index (χ0v) is 14.9. The fraction of sp³-hybridized carbons (Fsp3) is 0.263. The lowest BCUT2D eigenvalue weighted by molar-refractivity contribution is -0.141. The molecule has 2 rings (SSSR count). The van der Waals surface area contributed by atoms with Crippen LogP contribution >= 0.6 is 11.6 Å². The molecule has 0 aliphatic carbocycles. The van der Waals surface area contributed by atoms with E-state index in [0.717, 1.165) is 16.8 Å². The van der Waals surface area contributed by atoms with Crippen LogP contribution < -0.4 is 4.90 Å². The fourth-order valence-electron chi connectivity index (χ4n) is 2.66. The van der Waals surface area contributed by atoms with Crippen molar-refractivity contribution in [3.05, 3.63) is 64.2 Å². The molecule has 0 radical (unpaired) electrons. The maximum Gasteiger partial charge on any atom is 0.328 e. The zero-order valence-electron chi connectivity index (χ0n) is 14.2. The molecule has 0 aromatic heterocycles. The number of esters is 1. The third-order valence-corrected chi connectivity index (χ3v) is 4.17. The second-order valence-electron chi connectivity index (χ2n) is 5.62. The molecule has 0 heterocycles. The molecule has 0 spiro atoms. The summed E-state index contributed by atoms with van der Waals surface area (Å²) in [6.45, 7) is 5.48. The SMILES string of the molecule is COC(=O)[C@H](C)N(C(=O)c1ccc(Cl)cc1)c1c(C)cccc1C. The third-order valence-electron chi connectivity index (χ3n) is 3.92. The molecule has 0 saturated carbocycles. The lowest BCUT2D eigenvalue weighted by Gasteiger charge is -2.30. The predicted octanol–water partition coefficient (Wildman–Crippen LogP) is 4.17. The Labute approximate surface area is 147 Å². The number of para-hydroxylation sites is 1. The quantitative estimate of drug-likeness (QED) is 0.781. The maximum absolute atomic E-state index is 13.1. The monoisotopic (exact) mass is 345 g/mol. The molecule has 0 bridgehead atoms. The van der Waals surface area contributed by atoms with E-state index in [4.69, 9.17) is 16.3 Å². The minimum absolute atomic E-state index is 0.276. The molecule has 5 heteroatoms. The summed E-state index contributed by atoms with van der Waals surface area (Å²) in [5.74, 6) is -0.748. The van der Waals surface area contributed by atoms with Gasteiger partial charge in [-0.3, -0.25) is 9.69 Å². The fourth-order valence-corrected chi connectivity index (χ4v) is 2.79. The number of hydrogen-bond acceptors (Lipinski definition) is 3. The number of halogens is 1. The standard InChI is InChI=1S/C19H20ClNO3/c1-12-6-5-7-13(2)17(12)21(14(3)19(23)24-4)18(22)15-8-10-16(20)11-9-15/h5-11,14H,1-4H3/t14-/m0/s1. The van der Waals surface area contributed by atoms with Gasteiger partial charge in [0.05, 0.1) is 12.8 Å². The molecule has 1 atom stereocenters. The van der Waals surface area contributed by atoms with Crippen LogP contribution in [-0.2, 0) is 9.53 Å². The van der Waals surface area contributed by atoms with E-state index in [9.17, 15) is 9.59 Å². The Morgan fingerprint density at radius 1 is 1.04 bits per heavy atom. The summed E-state index contributed by atoms with van der Waals surface area (Å²) in [5.41, 5.74) is 2.99. The highest BCUT2D eigenvalue weighted by Crippen LogP contribution is 2.28. The van der Waals surface area contributed by atoms with Crippen molar-refractivity contribution in [3.63, 3.8) is 0 Å².